The van der Waals surface area contributed by atoms with Gasteiger partial charge in [0, 0.05) is 0 Å². The minimum absolute atomic E-state index is 0.0801. The smallest absolute Gasteiger partial charge is 0.0631 e. The number of hydrogen-bond donors (Lipinski definition) is 1. The van der Waals surface area contributed by atoms with Gasteiger partial charge in [0.2, 0.25) is 0 Å². The van der Waals surface area contributed by atoms with Gasteiger partial charge in [-0.2, -0.15) is 0 Å². The lowest BCUT2D eigenvalue weighted by molar-refractivity contribution is -0.0244. The first-order valence-electron chi connectivity index (χ1n) is 8.42. The second-order valence-electron chi connectivity index (χ2n) is 7.14. The van der Waals surface area contributed by atoms with Crippen molar-refractivity contribution in [3.8, 4) is 0 Å². The fourth-order valence-corrected chi connectivity index (χ4v) is 3.38. The third-order valence-electron chi connectivity index (χ3n) is 4.44. The lowest BCUT2D eigenvalue weighted by Crippen LogP contribution is -2.28. The molecule has 1 N–H and O–H groups in total. The van der Waals surface area contributed by atoms with Gasteiger partial charge >= 0.3 is 0 Å². The Kier molecular flexibility index (Phi) is 5.83. The summed E-state index contributed by atoms with van der Waals surface area (Å²) in [6.45, 7) is 10.9. The highest BCUT2D eigenvalue weighted by Crippen LogP contribution is 2.33. The maximum Gasteiger partial charge on any atom is 0.0631 e. The number of aryl methyl sites for hydroxylation is 1. The number of nitrogens with one attached hydrogen (secondary N) is 1. The van der Waals surface area contributed by atoms with Gasteiger partial charge in [0.25, 0.3) is 0 Å². The molecule has 0 saturated carbocycles. The van der Waals surface area contributed by atoms with E-state index in [-0.39, 0.29) is 5.60 Å². The van der Waals surface area contributed by atoms with Crippen molar-refractivity contribution in [3.05, 3.63) is 35.4 Å². The van der Waals surface area contributed by atoms with Crippen LogP contribution in [0.1, 0.15) is 51.2 Å². The van der Waals surface area contributed by atoms with Gasteiger partial charge in [-0.05, 0) is 71.0 Å². The van der Waals surface area contributed by atoms with Crippen LogP contribution in [0.15, 0.2) is 24.3 Å². The van der Waals surface area contributed by atoms with E-state index in [1.54, 1.807) is 0 Å². The van der Waals surface area contributed by atoms with E-state index in [2.05, 4.69) is 57.3 Å². The van der Waals surface area contributed by atoms with Gasteiger partial charge < -0.3 is 10.1 Å². The molecule has 1 saturated heterocycles. The molecule has 0 spiro atoms. The number of ether oxygens (including phenoxy) is 1. The summed E-state index contributed by atoms with van der Waals surface area (Å²) in [7, 11) is 0. The van der Waals surface area contributed by atoms with E-state index < -0.39 is 0 Å². The highest BCUT2D eigenvalue weighted by molar-refractivity contribution is 5.22. The maximum absolute atomic E-state index is 6.19. The van der Waals surface area contributed by atoms with Crippen molar-refractivity contribution in [2.45, 2.75) is 65.1 Å². The van der Waals surface area contributed by atoms with Crippen LogP contribution in [0, 0.1) is 12.8 Å². The van der Waals surface area contributed by atoms with Gasteiger partial charge in [-0.15, -0.1) is 0 Å². The monoisotopic (exact) mass is 289 g/mol. The van der Waals surface area contributed by atoms with E-state index in [1.807, 2.05) is 0 Å². The van der Waals surface area contributed by atoms with Crippen molar-refractivity contribution in [1.82, 2.24) is 5.32 Å². The number of rotatable bonds is 7. The van der Waals surface area contributed by atoms with Crippen molar-refractivity contribution in [3.63, 3.8) is 0 Å². The SMILES string of the molecule is CCNCC(Cc1cccc(C)c1)CC1CCC(C)(C)O1. The third-order valence-corrected chi connectivity index (χ3v) is 4.44. The summed E-state index contributed by atoms with van der Waals surface area (Å²) >= 11 is 0. The van der Waals surface area contributed by atoms with Crippen molar-refractivity contribution in [2.75, 3.05) is 13.1 Å². The molecule has 1 aliphatic heterocycles. The summed E-state index contributed by atoms with van der Waals surface area (Å²) in [4.78, 5) is 0. The summed E-state index contributed by atoms with van der Waals surface area (Å²) in [6, 6.07) is 8.92. The number of hydrogen-bond acceptors (Lipinski definition) is 2. The van der Waals surface area contributed by atoms with Crippen LogP contribution in [0.3, 0.4) is 0 Å². The molecule has 1 aromatic rings. The standard InChI is InChI=1S/C19H31NO/c1-5-20-14-17(12-16-8-6-7-15(2)11-16)13-18-9-10-19(3,4)21-18/h6-8,11,17-18,20H,5,9-10,12-14H2,1-4H3. The van der Waals surface area contributed by atoms with E-state index in [9.17, 15) is 0 Å². The Labute approximate surface area is 130 Å². The molecule has 1 fully saturated rings. The first-order valence-corrected chi connectivity index (χ1v) is 8.42. The second kappa shape index (κ2) is 7.42. The van der Waals surface area contributed by atoms with Crippen LogP contribution in [-0.2, 0) is 11.2 Å². The van der Waals surface area contributed by atoms with Gasteiger partial charge in [0.1, 0.15) is 0 Å². The van der Waals surface area contributed by atoms with Crippen LogP contribution < -0.4 is 5.32 Å². The molecule has 2 nitrogen and oxygen atoms in total. The third kappa shape index (κ3) is 5.44. The maximum atomic E-state index is 6.19. The summed E-state index contributed by atoms with van der Waals surface area (Å²) in [5.41, 5.74) is 2.89. The van der Waals surface area contributed by atoms with Crippen molar-refractivity contribution in [1.29, 1.82) is 0 Å². The fourth-order valence-electron chi connectivity index (χ4n) is 3.38. The van der Waals surface area contributed by atoms with Crippen LogP contribution in [0.2, 0.25) is 0 Å². The first-order chi connectivity index (χ1) is 9.98. The van der Waals surface area contributed by atoms with E-state index >= 15 is 0 Å². The van der Waals surface area contributed by atoms with E-state index in [4.69, 9.17) is 4.74 Å². The Balaban J connectivity index is 1.94. The zero-order valence-corrected chi connectivity index (χ0v) is 14.1. The molecule has 1 aromatic carbocycles. The van der Waals surface area contributed by atoms with Gasteiger partial charge in [-0.25, -0.2) is 0 Å². The van der Waals surface area contributed by atoms with Gasteiger partial charge in [0.15, 0.2) is 0 Å². The van der Waals surface area contributed by atoms with Gasteiger partial charge in [0.05, 0.1) is 11.7 Å². The quantitative estimate of drug-likeness (QED) is 0.815. The molecule has 0 bridgehead atoms. The molecule has 0 aliphatic carbocycles. The summed E-state index contributed by atoms with van der Waals surface area (Å²) < 4.78 is 6.19. The molecule has 2 unspecified atom stereocenters. The minimum Gasteiger partial charge on any atom is -0.372 e. The first kappa shape index (κ1) is 16.5. The minimum atomic E-state index is 0.0801. The van der Waals surface area contributed by atoms with E-state index in [0.29, 0.717) is 12.0 Å². The lowest BCUT2D eigenvalue weighted by atomic mass is 9.92. The predicted octanol–water partition coefficient (Wildman–Crippen LogP) is 4.11. The Hall–Kier alpha value is -0.860. The van der Waals surface area contributed by atoms with Gasteiger partial charge in [-0.3, -0.25) is 0 Å². The average Bonchev–Trinajstić information content (AvgIpc) is 2.75. The fraction of sp³-hybridized carbons (Fsp3) is 0.684. The van der Waals surface area contributed by atoms with Crippen LogP contribution in [0.4, 0.5) is 0 Å². The second-order valence-corrected chi connectivity index (χ2v) is 7.14. The lowest BCUT2D eigenvalue weighted by Gasteiger charge is -2.24. The molecular weight excluding hydrogens is 258 g/mol. The summed E-state index contributed by atoms with van der Waals surface area (Å²) in [5.74, 6) is 0.658. The molecule has 0 amide bonds. The summed E-state index contributed by atoms with van der Waals surface area (Å²) in [5, 5.41) is 3.52. The van der Waals surface area contributed by atoms with Crippen molar-refractivity contribution in [2.24, 2.45) is 5.92 Å². The highest BCUT2D eigenvalue weighted by atomic mass is 16.5. The Morgan fingerprint density at radius 2 is 2.19 bits per heavy atom. The molecule has 21 heavy (non-hydrogen) atoms. The van der Waals surface area contributed by atoms with Crippen LogP contribution in [0.25, 0.3) is 0 Å². The van der Waals surface area contributed by atoms with Gasteiger partial charge in [-0.1, -0.05) is 36.8 Å². The average molecular weight is 289 g/mol. The molecule has 0 aromatic heterocycles. The van der Waals surface area contributed by atoms with Crippen LogP contribution in [0.5, 0.6) is 0 Å². The molecule has 1 heterocycles. The highest BCUT2D eigenvalue weighted by Gasteiger charge is 2.32. The normalized spacial score (nSPS) is 22.4. The van der Waals surface area contributed by atoms with Crippen molar-refractivity contribution < 1.29 is 4.74 Å². The zero-order chi connectivity index (χ0) is 15.3. The van der Waals surface area contributed by atoms with E-state index in [0.717, 1.165) is 19.5 Å². The van der Waals surface area contributed by atoms with Crippen LogP contribution in [-0.4, -0.2) is 24.8 Å². The summed E-state index contributed by atoms with van der Waals surface area (Å²) in [6.07, 6.45) is 5.16. The predicted molar refractivity (Wildman–Crippen MR) is 89.7 cm³/mol. The molecule has 1 aliphatic rings. The number of benzene rings is 1. The topological polar surface area (TPSA) is 21.3 Å². The van der Waals surface area contributed by atoms with Crippen LogP contribution >= 0.6 is 0 Å². The van der Waals surface area contributed by atoms with E-state index in [1.165, 1.54) is 30.4 Å². The zero-order valence-electron chi connectivity index (χ0n) is 14.1. The molecule has 118 valence electrons. The molecule has 2 heteroatoms. The molecule has 0 radical (unpaired) electrons. The Morgan fingerprint density at radius 1 is 1.38 bits per heavy atom. The molecular formula is C19H31NO. The Morgan fingerprint density at radius 3 is 2.81 bits per heavy atom. The largest absolute Gasteiger partial charge is 0.372 e. The molecule has 2 atom stereocenters. The van der Waals surface area contributed by atoms with Crippen molar-refractivity contribution >= 4 is 0 Å². The Bertz CT molecular complexity index is 441. The molecule has 2 rings (SSSR count).